The first-order valence-electron chi connectivity index (χ1n) is 19.6. The number of nitrogens with two attached hydrogens (primary N) is 2. The lowest BCUT2D eigenvalue weighted by atomic mass is 10.0. The van der Waals surface area contributed by atoms with Crippen molar-refractivity contribution in [2.75, 3.05) is 13.2 Å². The molecule has 1 aromatic rings. The van der Waals surface area contributed by atoms with Gasteiger partial charge in [0.25, 0.3) is 0 Å². The number of hydrogen-bond acceptors (Lipinski definition) is 3. The highest BCUT2D eigenvalue weighted by atomic mass is 16.5. The average Bonchev–Trinajstić information content (AvgIpc) is 3.03. The largest absolute Gasteiger partial charge is 0.493 e. The van der Waals surface area contributed by atoms with Crippen LogP contribution in [-0.2, 0) is 6.54 Å². The Morgan fingerprint density at radius 3 is 1.02 bits per heavy atom. The molecule has 1 aromatic carbocycles. The number of nitrogens with zero attached hydrogens (tertiary/aromatic N) is 1. The second-order valence-corrected chi connectivity index (χ2v) is 13.4. The molecule has 0 aliphatic rings. The first-order chi connectivity index (χ1) is 22.2. The van der Waals surface area contributed by atoms with Gasteiger partial charge >= 0.3 is 0 Å². The molecular formula is C40H75N3O2. The minimum atomic E-state index is 0.105. The Balaban J connectivity index is 2.15. The van der Waals surface area contributed by atoms with E-state index in [9.17, 15) is 0 Å². The number of benzene rings is 1. The summed E-state index contributed by atoms with van der Waals surface area (Å²) in [4.78, 5) is 4.19. The lowest BCUT2D eigenvalue weighted by Crippen LogP contribution is -2.22. The molecule has 5 nitrogen and oxygen atoms in total. The molecule has 0 fully saturated rings. The maximum Gasteiger partial charge on any atom is 0.186 e. The molecule has 0 unspecified atom stereocenters. The van der Waals surface area contributed by atoms with Gasteiger partial charge in [-0.2, -0.15) is 0 Å². The van der Waals surface area contributed by atoms with Crippen LogP contribution in [0.4, 0.5) is 0 Å². The van der Waals surface area contributed by atoms with Crippen LogP contribution in [0.25, 0.3) is 0 Å². The van der Waals surface area contributed by atoms with Crippen LogP contribution in [0.3, 0.4) is 0 Å². The summed E-state index contributed by atoms with van der Waals surface area (Å²) in [6.07, 6.45) is 38.1. The SMILES string of the molecule is CCCCCCCCCCCCCCCCOc1cc(CN=C(N)N)cc(OCCCCCCCCCCCCCCCC)c1. The monoisotopic (exact) mass is 630 g/mol. The Kier molecular flexibility index (Phi) is 29.3. The van der Waals surface area contributed by atoms with Gasteiger partial charge in [0, 0.05) is 6.07 Å². The van der Waals surface area contributed by atoms with Crippen molar-refractivity contribution in [1.82, 2.24) is 0 Å². The van der Waals surface area contributed by atoms with Crippen LogP contribution in [-0.4, -0.2) is 19.2 Å². The number of ether oxygens (including phenoxy) is 2. The lowest BCUT2D eigenvalue weighted by molar-refractivity contribution is 0.289. The Morgan fingerprint density at radius 2 is 0.733 bits per heavy atom. The van der Waals surface area contributed by atoms with E-state index in [2.05, 4.69) is 18.8 Å². The Hall–Kier alpha value is -1.91. The molecule has 0 saturated heterocycles. The van der Waals surface area contributed by atoms with Crippen LogP contribution in [0.15, 0.2) is 23.2 Å². The van der Waals surface area contributed by atoms with Gasteiger partial charge in [0.15, 0.2) is 5.96 Å². The van der Waals surface area contributed by atoms with Gasteiger partial charge in [0.05, 0.1) is 19.8 Å². The zero-order valence-electron chi connectivity index (χ0n) is 30.1. The van der Waals surface area contributed by atoms with Gasteiger partial charge in [0.2, 0.25) is 0 Å². The fourth-order valence-corrected chi connectivity index (χ4v) is 6.04. The summed E-state index contributed by atoms with van der Waals surface area (Å²) in [6, 6.07) is 6.10. The zero-order valence-corrected chi connectivity index (χ0v) is 30.1. The molecule has 0 heterocycles. The molecule has 4 N–H and O–H groups in total. The van der Waals surface area contributed by atoms with Crippen molar-refractivity contribution >= 4 is 5.96 Å². The van der Waals surface area contributed by atoms with Gasteiger partial charge in [-0.15, -0.1) is 0 Å². The van der Waals surface area contributed by atoms with Crippen molar-refractivity contribution in [3.05, 3.63) is 23.8 Å². The normalized spacial score (nSPS) is 11.2. The maximum absolute atomic E-state index is 6.14. The summed E-state index contributed by atoms with van der Waals surface area (Å²) in [5.41, 5.74) is 12.2. The fraction of sp³-hybridized carbons (Fsp3) is 0.825. The van der Waals surface area contributed by atoms with Crippen LogP contribution in [0.5, 0.6) is 11.5 Å². The van der Waals surface area contributed by atoms with E-state index in [1.165, 1.54) is 167 Å². The van der Waals surface area contributed by atoms with Gasteiger partial charge in [-0.25, -0.2) is 4.99 Å². The molecule has 5 heteroatoms. The molecule has 0 amide bonds. The van der Waals surface area contributed by atoms with E-state index >= 15 is 0 Å². The topological polar surface area (TPSA) is 82.9 Å². The molecule has 0 atom stereocenters. The standard InChI is InChI=1S/C40H75N3O2/c1-3-5-7-9-11-13-15-17-19-21-23-25-27-29-31-44-38-33-37(36-43-40(41)42)34-39(35-38)45-32-30-28-26-24-22-20-18-16-14-12-10-8-6-4-2/h33-35H,3-32,36H2,1-2H3,(H4,41,42,43). The molecule has 0 radical (unpaired) electrons. The van der Waals surface area contributed by atoms with Gasteiger partial charge in [-0.1, -0.05) is 181 Å². The Labute approximate surface area is 280 Å². The second-order valence-electron chi connectivity index (χ2n) is 13.4. The molecule has 0 aromatic heterocycles. The Bertz CT molecular complexity index is 741. The van der Waals surface area contributed by atoms with E-state index in [4.69, 9.17) is 20.9 Å². The molecule has 262 valence electrons. The number of guanidine groups is 1. The molecule has 1 rings (SSSR count). The van der Waals surface area contributed by atoms with Crippen LogP contribution in [0.2, 0.25) is 0 Å². The van der Waals surface area contributed by atoms with Gasteiger partial charge in [-0.05, 0) is 30.5 Å². The van der Waals surface area contributed by atoms with Crippen LogP contribution in [0.1, 0.15) is 199 Å². The molecule has 0 saturated carbocycles. The smallest absolute Gasteiger partial charge is 0.186 e. The van der Waals surface area contributed by atoms with Gasteiger partial charge < -0.3 is 20.9 Å². The first-order valence-corrected chi connectivity index (χ1v) is 19.6. The summed E-state index contributed by atoms with van der Waals surface area (Å²) in [7, 11) is 0. The van der Waals surface area contributed by atoms with E-state index < -0.39 is 0 Å². The zero-order chi connectivity index (χ0) is 32.5. The quantitative estimate of drug-likeness (QED) is 0.0451. The molecule has 0 aliphatic carbocycles. The minimum absolute atomic E-state index is 0.105. The van der Waals surface area contributed by atoms with E-state index in [-0.39, 0.29) is 5.96 Å². The maximum atomic E-state index is 6.14. The van der Waals surface area contributed by atoms with Crippen molar-refractivity contribution in [2.45, 2.75) is 200 Å². The summed E-state index contributed by atoms with van der Waals surface area (Å²) in [5.74, 6) is 1.81. The third-order valence-corrected chi connectivity index (χ3v) is 8.92. The Morgan fingerprint density at radius 1 is 0.444 bits per heavy atom. The summed E-state index contributed by atoms with van der Waals surface area (Å²) in [5, 5.41) is 0. The van der Waals surface area contributed by atoms with Crippen molar-refractivity contribution < 1.29 is 9.47 Å². The lowest BCUT2D eigenvalue weighted by Gasteiger charge is -2.12. The van der Waals surface area contributed by atoms with Crippen molar-refractivity contribution in [2.24, 2.45) is 16.5 Å². The van der Waals surface area contributed by atoms with Crippen molar-refractivity contribution in [3.8, 4) is 11.5 Å². The summed E-state index contributed by atoms with van der Waals surface area (Å²) in [6.45, 7) is 6.49. The molecular weight excluding hydrogens is 554 g/mol. The van der Waals surface area contributed by atoms with Crippen molar-refractivity contribution in [3.63, 3.8) is 0 Å². The third kappa shape index (κ3) is 28.1. The van der Waals surface area contributed by atoms with Crippen LogP contribution >= 0.6 is 0 Å². The average molecular weight is 630 g/mol. The highest BCUT2D eigenvalue weighted by Crippen LogP contribution is 2.25. The third-order valence-electron chi connectivity index (χ3n) is 8.92. The summed E-state index contributed by atoms with van der Waals surface area (Å²) >= 11 is 0. The first kappa shape index (κ1) is 41.1. The number of aliphatic imine (C=N–C) groups is 1. The van der Waals surface area contributed by atoms with E-state index in [1.807, 2.05) is 18.2 Å². The number of rotatable bonds is 34. The second kappa shape index (κ2) is 32.0. The van der Waals surface area contributed by atoms with Gasteiger partial charge in [-0.3, -0.25) is 0 Å². The minimum Gasteiger partial charge on any atom is -0.493 e. The van der Waals surface area contributed by atoms with Crippen LogP contribution < -0.4 is 20.9 Å². The summed E-state index contributed by atoms with van der Waals surface area (Å²) < 4.78 is 12.3. The predicted octanol–water partition coefficient (Wildman–Crippen LogP) is 12.2. The predicted molar refractivity (Wildman–Crippen MR) is 198 cm³/mol. The molecule has 0 aliphatic heterocycles. The fourth-order valence-electron chi connectivity index (χ4n) is 6.04. The van der Waals surface area contributed by atoms with Gasteiger partial charge in [0.1, 0.15) is 11.5 Å². The number of unbranched alkanes of at least 4 members (excludes halogenated alkanes) is 26. The highest BCUT2D eigenvalue weighted by molar-refractivity contribution is 5.75. The molecule has 0 spiro atoms. The highest BCUT2D eigenvalue weighted by Gasteiger charge is 2.05. The van der Waals surface area contributed by atoms with E-state index in [0.29, 0.717) is 6.54 Å². The van der Waals surface area contributed by atoms with E-state index in [1.54, 1.807) is 0 Å². The van der Waals surface area contributed by atoms with E-state index in [0.717, 1.165) is 43.1 Å². The molecule has 45 heavy (non-hydrogen) atoms. The molecule has 0 bridgehead atoms. The number of hydrogen-bond donors (Lipinski definition) is 2. The van der Waals surface area contributed by atoms with Crippen molar-refractivity contribution in [1.29, 1.82) is 0 Å². The van der Waals surface area contributed by atoms with Crippen LogP contribution in [0, 0.1) is 0 Å².